The molecule has 1 aliphatic rings. The second-order valence-electron chi connectivity index (χ2n) is 1.69. The molecule has 0 saturated carbocycles. The maximum absolute atomic E-state index is 5.02. The lowest BCUT2D eigenvalue weighted by Gasteiger charge is -1.98. The molecule has 1 heterocycles. The Labute approximate surface area is 54.4 Å². The molecule has 0 bridgehead atoms. The maximum atomic E-state index is 5.02. The summed E-state index contributed by atoms with van der Waals surface area (Å²) in [6.45, 7) is 2.27. The van der Waals surface area contributed by atoms with Crippen LogP contribution in [0.15, 0.2) is 17.3 Å². The summed E-state index contributed by atoms with van der Waals surface area (Å²) in [5.74, 6) is 0. The van der Waals surface area contributed by atoms with Crippen molar-refractivity contribution in [2.45, 2.75) is 0 Å². The standard InChI is InChI=1S/C6H10N2O/c1-2-7-6-8-3-5-9-4-1/h1-2,4,8H,3,5-6H2/b4-1-,7-2-. The number of ether oxygens (including phenoxy) is 1. The van der Waals surface area contributed by atoms with Crippen molar-refractivity contribution in [3.63, 3.8) is 0 Å². The lowest BCUT2D eigenvalue weighted by Crippen LogP contribution is -2.18. The molecule has 0 aromatic rings. The summed E-state index contributed by atoms with van der Waals surface area (Å²) in [5, 5.41) is 3.06. The topological polar surface area (TPSA) is 33.6 Å². The van der Waals surface area contributed by atoms with Crippen molar-refractivity contribution < 1.29 is 4.74 Å². The van der Waals surface area contributed by atoms with Gasteiger partial charge in [0.15, 0.2) is 0 Å². The van der Waals surface area contributed by atoms with Crippen LogP contribution in [0.1, 0.15) is 0 Å². The summed E-state index contributed by atoms with van der Waals surface area (Å²) in [5.41, 5.74) is 0. The van der Waals surface area contributed by atoms with E-state index in [9.17, 15) is 0 Å². The van der Waals surface area contributed by atoms with Crippen LogP contribution in [0, 0.1) is 0 Å². The number of hydrogen-bond donors (Lipinski definition) is 1. The van der Waals surface area contributed by atoms with Crippen molar-refractivity contribution in [2.24, 2.45) is 4.99 Å². The number of aliphatic imine (C=N–C) groups is 1. The molecular formula is C6H10N2O. The van der Waals surface area contributed by atoms with Crippen LogP contribution in [-0.2, 0) is 4.74 Å². The minimum Gasteiger partial charge on any atom is -0.500 e. The van der Waals surface area contributed by atoms with E-state index in [1.54, 1.807) is 18.6 Å². The molecule has 0 aromatic carbocycles. The SMILES string of the molecule is C1=C\OCCNC\N=C/1. The summed E-state index contributed by atoms with van der Waals surface area (Å²) in [6, 6.07) is 0. The summed E-state index contributed by atoms with van der Waals surface area (Å²) in [6.07, 6.45) is 5.15. The lowest BCUT2D eigenvalue weighted by atomic mass is 10.7. The van der Waals surface area contributed by atoms with Gasteiger partial charge in [0.25, 0.3) is 0 Å². The van der Waals surface area contributed by atoms with Gasteiger partial charge in [-0.25, -0.2) is 0 Å². The van der Waals surface area contributed by atoms with Crippen LogP contribution in [0.3, 0.4) is 0 Å². The zero-order valence-corrected chi connectivity index (χ0v) is 5.21. The third-order valence-corrected chi connectivity index (χ3v) is 0.966. The zero-order chi connectivity index (χ0) is 6.36. The molecule has 0 fully saturated rings. The van der Waals surface area contributed by atoms with E-state index in [1.165, 1.54) is 0 Å². The Balaban J connectivity index is 2.28. The Morgan fingerprint density at radius 2 is 2.56 bits per heavy atom. The van der Waals surface area contributed by atoms with Crippen LogP contribution < -0.4 is 5.32 Å². The first-order chi connectivity index (χ1) is 4.50. The van der Waals surface area contributed by atoms with Crippen LogP contribution in [0.5, 0.6) is 0 Å². The minimum atomic E-state index is 0.688. The second-order valence-corrected chi connectivity index (χ2v) is 1.69. The van der Waals surface area contributed by atoms with Gasteiger partial charge in [0, 0.05) is 12.8 Å². The molecule has 0 amide bonds. The lowest BCUT2D eigenvalue weighted by molar-refractivity contribution is 0.251. The molecule has 3 heteroatoms. The third kappa shape index (κ3) is 2.87. The molecule has 0 radical (unpaired) electrons. The fourth-order valence-electron chi connectivity index (χ4n) is 0.547. The first-order valence-electron chi connectivity index (χ1n) is 2.97. The average Bonchev–Trinajstić information content (AvgIpc) is 2.00. The van der Waals surface area contributed by atoms with Crippen molar-refractivity contribution in [3.8, 4) is 0 Å². The van der Waals surface area contributed by atoms with Gasteiger partial charge in [-0.2, -0.15) is 0 Å². The second kappa shape index (κ2) is 4.09. The van der Waals surface area contributed by atoms with Crippen LogP contribution in [0.25, 0.3) is 0 Å². The maximum Gasteiger partial charge on any atom is 0.0998 e. The van der Waals surface area contributed by atoms with E-state index in [0.29, 0.717) is 6.67 Å². The Morgan fingerprint density at radius 1 is 1.56 bits per heavy atom. The predicted octanol–water partition coefficient (Wildman–Crippen LogP) is 0.148. The quantitative estimate of drug-likeness (QED) is 0.501. The zero-order valence-electron chi connectivity index (χ0n) is 5.21. The van der Waals surface area contributed by atoms with E-state index in [0.717, 1.165) is 13.2 Å². The Morgan fingerprint density at radius 3 is 3.56 bits per heavy atom. The molecule has 0 saturated heterocycles. The highest BCUT2D eigenvalue weighted by atomic mass is 16.5. The number of nitrogens with zero attached hydrogens (tertiary/aromatic N) is 1. The highest BCUT2D eigenvalue weighted by Crippen LogP contribution is 1.78. The van der Waals surface area contributed by atoms with Gasteiger partial charge in [0.05, 0.1) is 19.5 Å². The van der Waals surface area contributed by atoms with Crippen LogP contribution in [0.4, 0.5) is 0 Å². The van der Waals surface area contributed by atoms with Gasteiger partial charge in [-0.15, -0.1) is 0 Å². The van der Waals surface area contributed by atoms with E-state index in [4.69, 9.17) is 4.74 Å². The van der Waals surface area contributed by atoms with Crippen LogP contribution in [-0.4, -0.2) is 26.0 Å². The first-order valence-corrected chi connectivity index (χ1v) is 2.97. The summed E-state index contributed by atoms with van der Waals surface area (Å²) in [4.78, 5) is 3.99. The minimum absolute atomic E-state index is 0.688. The molecule has 1 rings (SSSR count). The van der Waals surface area contributed by atoms with Gasteiger partial charge in [-0.1, -0.05) is 0 Å². The largest absolute Gasteiger partial charge is 0.500 e. The number of hydrogen-bond acceptors (Lipinski definition) is 3. The van der Waals surface area contributed by atoms with Crippen molar-refractivity contribution in [1.29, 1.82) is 0 Å². The smallest absolute Gasteiger partial charge is 0.0998 e. The number of allylic oxidation sites excluding steroid dienone is 1. The normalized spacial score (nSPS) is 26.7. The van der Waals surface area contributed by atoms with Crippen LogP contribution in [0.2, 0.25) is 0 Å². The molecule has 3 nitrogen and oxygen atoms in total. The highest BCUT2D eigenvalue weighted by Gasteiger charge is 1.84. The highest BCUT2D eigenvalue weighted by molar-refractivity contribution is 5.70. The Hall–Kier alpha value is -0.830. The van der Waals surface area contributed by atoms with E-state index in [-0.39, 0.29) is 0 Å². The van der Waals surface area contributed by atoms with E-state index < -0.39 is 0 Å². The molecule has 9 heavy (non-hydrogen) atoms. The fraction of sp³-hybridized carbons (Fsp3) is 0.500. The van der Waals surface area contributed by atoms with Crippen molar-refractivity contribution in [2.75, 3.05) is 19.8 Å². The van der Waals surface area contributed by atoms with Crippen molar-refractivity contribution in [3.05, 3.63) is 12.3 Å². The molecule has 50 valence electrons. The fourth-order valence-corrected chi connectivity index (χ4v) is 0.547. The molecular weight excluding hydrogens is 116 g/mol. The Bertz CT molecular complexity index is 106. The van der Waals surface area contributed by atoms with Crippen molar-refractivity contribution >= 4 is 6.21 Å². The summed E-state index contributed by atoms with van der Waals surface area (Å²) < 4.78 is 5.02. The predicted molar refractivity (Wildman–Crippen MR) is 36.5 cm³/mol. The molecule has 0 atom stereocenters. The third-order valence-electron chi connectivity index (χ3n) is 0.966. The van der Waals surface area contributed by atoms with Crippen LogP contribution >= 0.6 is 0 Å². The molecule has 0 aliphatic carbocycles. The number of rotatable bonds is 0. The number of nitrogens with one attached hydrogen (secondary N) is 1. The van der Waals surface area contributed by atoms with E-state index >= 15 is 0 Å². The molecule has 1 aliphatic heterocycles. The molecule has 1 N–H and O–H groups in total. The van der Waals surface area contributed by atoms with Gasteiger partial charge in [-0.05, 0) is 6.08 Å². The van der Waals surface area contributed by atoms with Gasteiger partial charge in [-0.3, -0.25) is 10.3 Å². The molecule has 0 unspecified atom stereocenters. The van der Waals surface area contributed by atoms with E-state index in [1.807, 2.05) is 0 Å². The molecule has 0 aromatic heterocycles. The van der Waals surface area contributed by atoms with Gasteiger partial charge >= 0.3 is 0 Å². The average molecular weight is 126 g/mol. The summed E-state index contributed by atoms with van der Waals surface area (Å²) in [7, 11) is 0. The monoisotopic (exact) mass is 126 g/mol. The van der Waals surface area contributed by atoms with Crippen molar-refractivity contribution in [1.82, 2.24) is 5.32 Å². The van der Waals surface area contributed by atoms with E-state index in [2.05, 4.69) is 10.3 Å². The first kappa shape index (κ1) is 6.29. The molecule has 0 spiro atoms. The van der Waals surface area contributed by atoms with Gasteiger partial charge < -0.3 is 4.74 Å². The Kier molecular flexibility index (Phi) is 2.86. The van der Waals surface area contributed by atoms with Gasteiger partial charge in [0.1, 0.15) is 0 Å². The summed E-state index contributed by atoms with van der Waals surface area (Å²) >= 11 is 0. The van der Waals surface area contributed by atoms with Gasteiger partial charge in [0.2, 0.25) is 0 Å².